The minimum Gasteiger partial charge on any atom is -0.494 e. The predicted octanol–water partition coefficient (Wildman–Crippen LogP) is 3.33. The van der Waals surface area contributed by atoms with Crippen molar-refractivity contribution in [3.63, 3.8) is 0 Å². The van der Waals surface area contributed by atoms with Gasteiger partial charge in [0.2, 0.25) is 5.91 Å². The van der Waals surface area contributed by atoms with Crippen LogP contribution in [0.1, 0.15) is 54.4 Å². The summed E-state index contributed by atoms with van der Waals surface area (Å²) >= 11 is 0. The zero-order valence-electron chi connectivity index (χ0n) is 20.9. The van der Waals surface area contributed by atoms with Crippen LogP contribution in [-0.2, 0) is 11.2 Å². The van der Waals surface area contributed by atoms with Crippen LogP contribution < -0.4 is 9.47 Å². The lowest BCUT2D eigenvalue weighted by Gasteiger charge is -2.35. The molecule has 2 heterocycles. The Morgan fingerprint density at radius 2 is 1.67 bits per heavy atom. The number of hydrogen-bond donors (Lipinski definition) is 1. The van der Waals surface area contributed by atoms with Gasteiger partial charge in [-0.3, -0.25) is 14.6 Å². The molecule has 1 aliphatic heterocycles. The molecule has 2 aromatic rings. The number of aliphatic hydroxyl groups is 1. The van der Waals surface area contributed by atoms with Gasteiger partial charge in [-0.25, -0.2) is 0 Å². The number of carbonyl (C=O) groups is 2. The van der Waals surface area contributed by atoms with Crippen LogP contribution in [0.4, 0.5) is 0 Å². The predicted molar refractivity (Wildman–Crippen MR) is 136 cm³/mol. The zero-order chi connectivity index (χ0) is 25.2. The molecule has 8 nitrogen and oxygen atoms in total. The molecule has 194 valence electrons. The lowest BCUT2D eigenvalue weighted by Crippen LogP contribution is -2.51. The molecule has 2 amide bonds. The molecule has 36 heavy (non-hydrogen) atoms. The van der Waals surface area contributed by atoms with E-state index in [9.17, 15) is 9.59 Å². The number of amides is 2. The first-order chi connectivity index (χ1) is 17.6. The summed E-state index contributed by atoms with van der Waals surface area (Å²) < 4.78 is 11.3. The SMILES string of the molecule is O=C(Cc1cncc(OCCO)c1)N1CCN(C(=O)c2cccc(OCCC3CCCCC3)c2)CC1. The molecule has 1 saturated heterocycles. The molecule has 1 N–H and O–H groups in total. The average molecular weight is 496 g/mol. The third kappa shape index (κ3) is 7.43. The van der Waals surface area contributed by atoms with Crippen LogP contribution >= 0.6 is 0 Å². The standard InChI is InChI=1S/C28H37N3O5/c32-14-16-36-26-17-23(20-29-21-26)18-27(33)30-10-12-31(13-11-30)28(34)24-7-4-8-25(19-24)35-15-9-22-5-2-1-3-6-22/h4,7-8,17,19-22,32H,1-3,5-6,9-16,18H2. The van der Waals surface area contributed by atoms with Gasteiger partial charge in [0.05, 0.1) is 25.8 Å². The van der Waals surface area contributed by atoms with Gasteiger partial charge in [-0.1, -0.05) is 38.2 Å². The number of rotatable bonds is 10. The quantitative estimate of drug-likeness (QED) is 0.544. The second-order valence-corrected chi connectivity index (χ2v) is 9.62. The molecule has 2 aliphatic rings. The summed E-state index contributed by atoms with van der Waals surface area (Å²) in [7, 11) is 0. The van der Waals surface area contributed by atoms with Gasteiger partial charge in [-0.2, -0.15) is 0 Å². The van der Waals surface area contributed by atoms with E-state index in [2.05, 4.69) is 4.98 Å². The Labute approximate surface area is 213 Å². The molecule has 0 unspecified atom stereocenters. The van der Waals surface area contributed by atoms with Crippen molar-refractivity contribution < 1.29 is 24.2 Å². The molecule has 1 aromatic carbocycles. The van der Waals surface area contributed by atoms with Crippen molar-refractivity contribution in [2.45, 2.75) is 44.9 Å². The van der Waals surface area contributed by atoms with Gasteiger partial charge in [-0.05, 0) is 42.2 Å². The van der Waals surface area contributed by atoms with Gasteiger partial charge in [0.15, 0.2) is 0 Å². The Morgan fingerprint density at radius 3 is 2.44 bits per heavy atom. The summed E-state index contributed by atoms with van der Waals surface area (Å²) in [5, 5.41) is 8.90. The maximum absolute atomic E-state index is 13.1. The van der Waals surface area contributed by atoms with Crippen molar-refractivity contribution in [1.29, 1.82) is 0 Å². The Morgan fingerprint density at radius 1 is 0.917 bits per heavy atom. The first-order valence-corrected chi connectivity index (χ1v) is 13.1. The van der Waals surface area contributed by atoms with E-state index in [1.807, 2.05) is 24.3 Å². The summed E-state index contributed by atoms with van der Waals surface area (Å²) in [5.41, 5.74) is 1.38. The third-order valence-corrected chi connectivity index (χ3v) is 7.01. The number of aromatic nitrogens is 1. The zero-order valence-corrected chi connectivity index (χ0v) is 20.9. The van der Waals surface area contributed by atoms with Crippen molar-refractivity contribution in [1.82, 2.24) is 14.8 Å². The molecule has 0 atom stereocenters. The van der Waals surface area contributed by atoms with E-state index in [4.69, 9.17) is 14.6 Å². The maximum Gasteiger partial charge on any atom is 0.254 e. The molecule has 1 aliphatic carbocycles. The molecule has 0 spiro atoms. The number of nitrogens with zero attached hydrogens (tertiary/aromatic N) is 3. The third-order valence-electron chi connectivity index (χ3n) is 7.01. The summed E-state index contributed by atoms with van der Waals surface area (Å²) in [4.78, 5) is 33.6. The van der Waals surface area contributed by atoms with Gasteiger partial charge in [0.25, 0.3) is 5.91 Å². The number of benzene rings is 1. The lowest BCUT2D eigenvalue weighted by atomic mass is 9.87. The molecule has 0 radical (unpaired) electrons. The molecule has 4 rings (SSSR count). The largest absolute Gasteiger partial charge is 0.494 e. The number of pyridine rings is 1. The Balaban J connectivity index is 1.23. The smallest absolute Gasteiger partial charge is 0.254 e. The maximum atomic E-state index is 13.1. The summed E-state index contributed by atoms with van der Waals surface area (Å²) in [6.07, 6.45) is 11.1. The molecule has 2 fully saturated rings. The number of aliphatic hydroxyl groups excluding tert-OH is 1. The highest BCUT2D eigenvalue weighted by atomic mass is 16.5. The first-order valence-electron chi connectivity index (χ1n) is 13.1. The molecule has 1 aromatic heterocycles. The molecular formula is C28H37N3O5. The summed E-state index contributed by atoms with van der Waals surface area (Å²) in [6.45, 7) is 2.78. The van der Waals surface area contributed by atoms with E-state index in [0.29, 0.717) is 44.1 Å². The van der Waals surface area contributed by atoms with E-state index in [-0.39, 0.29) is 31.4 Å². The Bertz CT molecular complexity index is 1000. The van der Waals surface area contributed by atoms with Crippen molar-refractivity contribution in [2.24, 2.45) is 5.92 Å². The van der Waals surface area contributed by atoms with E-state index >= 15 is 0 Å². The molecule has 8 heteroatoms. The summed E-state index contributed by atoms with van der Waals surface area (Å²) in [6, 6.07) is 9.21. The van der Waals surface area contributed by atoms with Crippen molar-refractivity contribution in [3.05, 3.63) is 53.9 Å². The second kappa shape index (κ2) is 13.3. The number of piperazine rings is 1. The monoisotopic (exact) mass is 495 g/mol. The van der Waals surface area contributed by atoms with Crippen LogP contribution in [0.3, 0.4) is 0 Å². The average Bonchev–Trinajstić information content (AvgIpc) is 2.92. The van der Waals surface area contributed by atoms with Crippen LogP contribution in [0, 0.1) is 5.92 Å². The Kier molecular flexibility index (Phi) is 9.55. The van der Waals surface area contributed by atoms with Crippen molar-refractivity contribution >= 4 is 11.8 Å². The van der Waals surface area contributed by atoms with Crippen molar-refractivity contribution in [3.8, 4) is 11.5 Å². The van der Waals surface area contributed by atoms with E-state index in [1.54, 1.807) is 28.3 Å². The van der Waals surface area contributed by atoms with Gasteiger partial charge >= 0.3 is 0 Å². The molecule has 0 bridgehead atoms. The normalized spacial score (nSPS) is 16.6. The topological polar surface area (TPSA) is 92.2 Å². The number of hydrogen-bond acceptors (Lipinski definition) is 6. The van der Waals surface area contributed by atoms with Crippen LogP contribution in [0.25, 0.3) is 0 Å². The number of ether oxygens (including phenoxy) is 2. The highest BCUT2D eigenvalue weighted by Gasteiger charge is 2.25. The van der Waals surface area contributed by atoms with E-state index in [1.165, 1.54) is 32.1 Å². The van der Waals surface area contributed by atoms with E-state index < -0.39 is 0 Å². The fourth-order valence-corrected chi connectivity index (χ4v) is 4.97. The van der Waals surface area contributed by atoms with Gasteiger partial charge in [-0.15, -0.1) is 0 Å². The molecular weight excluding hydrogens is 458 g/mol. The van der Waals surface area contributed by atoms with Gasteiger partial charge in [0.1, 0.15) is 18.1 Å². The highest BCUT2D eigenvalue weighted by molar-refractivity contribution is 5.94. The van der Waals surface area contributed by atoms with E-state index in [0.717, 1.165) is 23.7 Å². The van der Waals surface area contributed by atoms with Crippen LogP contribution in [0.2, 0.25) is 0 Å². The second-order valence-electron chi connectivity index (χ2n) is 9.62. The van der Waals surface area contributed by atoms with Crippen LogP contribution in [-0.4, -0.2) is 77.7 Å². The lowest BCUT2D eigenvalue weighted by molar-refractivity contribution is -0.131. The number of carbonyl (C=O) groups excluding carboxylic acids is 2. The van der Waals surface area contributed by atoms with Gasteiger partial charge < -0.3 is 24.4 Å². The minimum absolute atomic E-state index is 0.00318. The fourth-order valence-electron chi connectivity index (χ4n) is 4.97. The Hall–Kier alpha value is -3.13. The van der Waals surface area contributed by atoms with Crippen LogP contribution in [0.15, 0.2) is 42.7 Å². The summed E-state index contributed by atoms with van der Waals surface area (Å²) in [5.74, 6) is 2.01. The fraction of sp³-hybridized carbons (Fsp3) is 0.536. The minimum atomic E-state index is -0.0795. The first kappa shape index (κ1) is 25.9. The van der Waals surface area contributed by atoms with Gasteiger partial charge in [0, 0.05) is 37.9 Å². The van der Waals surface area contributed by atoms with Crippen molar-refractivity contribution in [2.75, 3.05) is 46.0 Å². The highest BCUT2D eigenvalue weighted by Crippen LogP contribution is 2.26. The molecule has 1 saturated carbocycles. The van der Waals surface area contributed by atoms with Crippen LogP contribution in [0.5, 0.6) is 11.5 Å².